The second kappa shape index (κ2) is 7.68. The molecular formula is C25H26FNO4. The van der Waals surface area contributed by atoms with E-state index in [4.69, 9.17) is 9.47 Å². The van der Waals surface area contributed by atoms with Crippen LogP contribution in [0.2, 0.25) is 0 Å². The average molecular weight is 423 g/mol. The van der Waals surface area contributed by atoms with Crippen molar-refractivity contribution >= 4 is 11.5 Å². The summed E-state index contributed by atoms with van der Waals surface area (Å²) < 4.78 is 25.3. The number of halogens is 1. The van der Waals surface area contributed by atoms with E-state index in [0.717, 1.165) is 66.8 Å². The second-order valence-corrected chi connectivity index (χ2v) is 8.79. The first-order valence-corrected chi connectivity index (χ1v) is 10.8. The summed E-state index contributed by atoms with van der Waals surface area (Å²) in [5.41, 5.74) is 4.92. The van der Waals surface area contributed by atoms with Crippen LogP contribution in [0.4, 0.5) is 4.39 Å². The summed E-state index contributed by atoms with van der Waals surface area (Å²) in [4.78, 5) is 13.8. The molecule has 5 rings (SSSR count). The lowest BCUT2D eigenvalue weighted by atomic mass is 9.86. The molecule has 31 heavy (non-hydrogen) atoms. The number of methoxy groups -OCH3 is 1. The molecule has 1 saturated carbocycles. The third-order valence-electron chi connectivity index (χ3n) is 6.82. The molecule has 2 fully saturated rings. The van der Waals surface area contributed by atoms with E-state index < -0.39 is 11.4 Å². The molecule has 0 aromatic heterocycles. The number of aliphatic carboxylic acids is 1. The van der Waals surface area contributed by atoms with Crippen LogP contribution in [0.1, 0.15) is 42.4 Å². The molecule has 0 radical (unpaired) electrons. The molecular weight excluding hydrogens is 397 g/mol. The number of likely N-dealkylation sites (tertiary alicyclic amines) is 1. The Morgan fingerprint density at radius 3 is 2.58 bits per heavy atom. The third kappa shape index (κ3) is 3.69. The highest BCUT2D eigenvalue weighted by Gasteiger charge is 2.51. The number of hydrogen-bond donors (Lipinski definition) is 1. The minimum Gasteiger partial charge on any atom is -0.497 e. The van der Waals surface area contributed by atoms with Crippen LogP contribution in [0.15, 0.2) is 42.0 Å². The Bertz CT molecular complexity index is 1060. The third-order valence-corrected chi connectivity index (χ3v) is 6.82. The standard InChI is InChI=1S/C25H26FNO4/c1-30-19-3-5-20-17(12-19)14-31-22-13-18(26)2-4-21(22)23(20)16-6-10-27(11-7-16)15-25(8-9-25)24(28)29/h2-5,12-13H,6-11,14-15H2,1H3,(H,28,29). The van der Waals surface area contributed by atoms with Gasteiger partial charge in [0, 0.05) is 36.8 Å². The SMILES string of the molecule is COc1ccc2c(c1)COc1cc(F)ccc1C2=C1CCN(CC2(C(=O)O)CC2)CC1. The van der Waals surface area contributed by atoms with E-state index in [1.54, 1.807) is 7.11 Å². The van der Waals surface area contributed by atoms with Gasteiger partial charge >= 0.3 is 5.97 Å². The number of carboxylic acids is 1. The number of carboxylic acid groups (broad SMARTS) is 1. The van der Waals surface area contributed by atoms with Gasteiger partial charge in [0.15, 0.2) is 0 Å². The van der Waals surface area contributed by atoms with E-state index in [0.29, 0.717) is 18.9 Å². The number of fused-ring (bicyclic) bond motifs is 2. The van der Waals surface area contributed by atoms with Crippen molar-refractivity contribution in [3.63, 3.8) is 0 Å². The monoisotopic (exact) mass is 423 g/mol. The number of carbonyl (C=O) groups is 1. The summed E-state index contributed by atoms with van der Waals surface area (Å²) in [7, 11) is 1.64. The van der Waals surface area contributed by atoms with Crippen molar-refractivity contribution in [2.75, 3.05) is 26.7 Å². The van der Waals surface area contributed by atoms with Crippen LogP contribution in [-0.4, -0.2) is 42.7 Å². The van der Waals surface area contributed by atoms with Crippen molar-refractivity contribution in [2.24, 2.45) is 5.41 Å². The van der Waals surface area contributed by atoms with Gasteiger partial charge in [0.2, 0.25) is 0 Å². The van der Waals surface area contributed by atoms with E-state index >= 15 is 0 Å². The zero-order chi connectivity index (χ0) is 21.6. The Labute approximate surface area is 181 Å². The summed E-state index contributed by atoms with van der Waals surface area (Å²) in [6.07, 6.45) is 3.26. The Morgan fingerprint density at radius 1 is 1.16 bits per heavy atom. The highest BCUT2D eigenvalue weighted by molar-refractivity contribution is 5.87. The molecule has 0 spiro atoms. The molecule has 2 heterocycles. The number of hydrogen-bond acceptors (Lipinski definition) is 4. The summed E-state index contributed by atoms with van der Waals surface area (Å²) in [6, 6.07) is 10.7. The van der Waals surface area contributed by atoms with Crippen molar-refractivity contribution in [2.45, 2.75) is 32.3 Å². The van der Waals surface area contributed by atoms with Gasteiger partial charge < -0.3 is 19.5 Å². The van der Waals surface area contributed by atoms with Crippen molar-refractivity contribution in [1.82, 2.24) is 4.90 Å². The van der Waals surface area contributed by atoms with Gasteiger partial charge in [-0.25, -0.2) is 4.39 Å². The molecule has 5 nitrogen and oxygen atoms in total. The van der Waals surface area contributed by atoms with Crippen LogP contribution in [0.25, 0.3) is 5.57 Å². The maximum atomic E-state index is 14.0. The summed E-state index contributed by atoms with van der Waals surface area (Å²) >= 11 is 0. The maximum absolute atomic E-state index is 14.0. The van der Waals surface area contributed by atoms with Crippen LogP contribution in [-0.2, 0) is 11.4 Å². The number of benzene rings is 2. The molecule has 1 saturated heterocycles. The van der Waals surface area contributed by atoms with Crippen LogP contribution >= 0.6 is 0 Å². The fourth-order valence-corrected chi connectivity index (χ4v) is 4.81. The van der Waals surface area contributed by atoms with Gasteiger partial charge in [0.05, 0.1) is 12.5 Å². The Kier molecular flexibility index (Phi) is 4.97. The van der Waals surface area contributed by atoms with E-state index in [2.05, 4.69) is 11.0 Å². The second-order valence-electron chi connectivity index (χ2n) is 8.79. The summed E-state index contributed by atoms with van der Waals surface area (Å²) in [5.74, 6) is 0.339. The van der Waals surface area contributed by atoms with Gasteiger partial charge in [-0.1, -0.05) is 11.6 Å². The van der Waals surface area contributed by atoms with Gasteiger partial charge in [-0.05, 0) is 61.1 Å². The minimum absolute atomic E-state index is 0.315. The average Bonchev–Trinajstić information content (AvgIpc) is 3.57. The lowest BCUT2D eigenvalue weighted by Crippen LogP contribution is -2.38. The Balaban J connectivity index is 1.50. The number of ether oxygens (including phenoxy) is 2. The molecule has 1 aliphatic carbocycles. The number of nitrogens with zero attached hydrogens (tertiary/aromatic N) is 1. The van der Waals surface area contributed by atoms with Crippen molar-refractivity contribution in [1.29, 1.82) is 0 Å². The molecule has 162 valence electrons. The Hall–Kier alpha value is -2.86. The van der Waals surface area contributed by atoms with E-state index in [1.807, 2.05) is 18.2 Å². The fourth-order valence-electron chi connectivity index (χ4n) is 4.81. The molecule has 0 bridgehead atoms. The van der Waals surface area contributed by atoms with E-state index in [9.17, 15) is 14.3 Å². The van der Waals surface area contributed by atoms with Crippen LogP contribution < -0.4 is 9.47 Å². The van der Waals surface area contributed by atoms with Gasteiger partial charge in [-0.3, -0.25) is 4.79 Å². The molecule has 0 atom stereocenters. The zero-order valence-electron chi connectivity index (χ0n) is 17.6. The first-order chi connectivity index (χ1) is 15.0. The topological polar surface area (TPSA) is 59.0 Å². The van der Waals surface area contributed by atoms with Gasteiger partial charge in [0.25, 0.3) is 0 Å². The lowest BCUT2D eigenvalue weighted by molar-refractivity contribution is -0.144. The van der Waals surface area contributed by atoms with Gasteiger partial charge in [-0.15, -0.1) is 0 Å². The smallest absolute Gasteiger partial charge is 0.310 e. The molecule has 2 aromatic rings. The number of rotatable bonds is 4. The molecule has 0 amide bonds. The Morgan fingerprint density at radius 2 is 1.90 bits per heavy atom. The quantitative estimate of drug-likeness (QED) is 0.785. The van der Waals surface area contributed by atoms with Crippen molar-refractivity contribution in [3.05, 3.63) is 64.5 Å². The predicted molar refractivity (Wildman–Crippen MR) is 115 cm³/mol. The van der Waals surface area contributed by atoms with E-state index in [1.165, 1.54) is 17.7 Å². The van der Waals surface area contributed by atoms with Crippen molar-refractivity contribution in [3.8, 4) is 11.5 Å². The van der Waals surface area contributed by atoms with Gasteiger partial charge in [0.1, 0.15) is 23.9 Å². The van der Waals surface area contributed by atoms with E-state index in [-0.39, 0.29) is 5.82 Å². The predicted octanol–water partition coefficient (Wildman–Crippen LogP) is 4.49. The first-order valence-electron chi connectivity index (χ1n) is 10.8. The minimum atomic E-state index is -0.670. The van der Waals surface area contributed by atoms with Crippen LogP contribution in [0, 0.1) is 11.2 Å². The fraction of sp³-hybridized carbons (Fsp3) is 0.400. The molecule has 2 aliphatic heterocycles. The molecule has 3 aliphatic rings. The van der Waals surface area contributed by atoms with Crippen LogP contribution in [0.3, 0.4) is 0 Å². The molecule has 2 aromatic carbocycles. The van der Waals surface area contributed by atoms with Crippen LogP contribution in [0.5, 0.6) is 11.5 Å². The highest BCUT2D eigenvalue weighted by atomic mass is 19.1. The van der Waals surface area contributed by atoms with Gasteiger partial charge in [-0.2, -0.15) is 0 Å². The summed E-state index contributed by atoms with van der Waals surface area (Å²) in [5, 5.41) is 9.51. The van der Waals surface area contributed by atoms with Crippen molar-refractivity contribution < 1.29 is 23.8 Å². The molecule has 6 heteroatoms. The molecule has 1 N–H and O–H groups in total. The number of piperidine rings is 1. The maximum Gasteiger partial charge on any atom is 0.310 e. The molecule has 0 unspecified atom stereocenters. The lowest BCUT2D eigenvalue weighted by Gasteiger charge is -2.32. The summed E-state index contributed by atoms with van der Waals surface area (Å²) in [6.45, 7) is 2.64. The zero-order valence-corrected chi connectivity index (χ0v) is 17.6. The largest absolute Gasteiger partial charge is 0.497 e. The normalized spacial score (nSPS) is 19.7. The first kappa shape index (κ1) is 20.1. The highest BCUT2D eigenvalue weighted by Crippen LogP contribution is 2.47.